The summed E-state index contributed by atoms with van der Waals surface area (Å²) in [5.74, 6) is -0.257. The standard InChI is InChI=1S/C19H22FN3O2/c20-17-3-1-15(2-4-17)13-23(14-16-5-7-21-8-6-16)19(24)11-18-12-22-9-10-25-18/h1-8,18,22H,9-14H2/t18-/m1/s1. The molecule has 3 rings (SSSR count). The van der Waals surface area contributed by atoms with Crippen molar-refractivity contribution in [2.75, 3.05) is 19.7 Å². The van der Waals surface area contributed by atoms with Gasteiger partial charge < -0.3 is 15.0 Å². The zero-order valence-electron chi connectivity index (χ0n) is 14.0. The Morgan fingerprint density at radius 2 is 1.84 bits per heavy atom. The topological polar surface area (TPSA) is 54.5 Å². The molecular formula is C19H22FN3O2. The van der Waals surface area contributed by atoms with Crippen LogP contribution in [0.3, 0.4) is 0 Å². The van der Waals surface area contributed by atoms with Gasteiger partial charge in [0.05, 0.1) is 19.1 Å². The minimum absolute atomic E-state index is 0.0230. The van der Waals surface area contributed by atoms with Crippen LogP contribution < -0.4 is 5.32 Å². The number of hydrogen-bond donors (Lipinski definition) is 1. The monoisotopic (exact) mass is 343 g/mol. The quantitative estimate of drug-likeness (QED) is 0.873. The number of pyridine rings is 1. The summed E-state index contributed by atoms with van der Waals surface area (Å²) in [5.41, 5.74) is 1.90. The minimum atomic E-state index is -0.280. The van der Waals surface area contributed by atoms with Crippen LogP contribution in [-0.4, -0.2) is 41.6 Å². The third-order valence-corrected chi connectivity index (χ3v) is 4.17. The molecule has 1 atom stereocenters. The summed E-state index contributed by atoms with van der Waals surface area (Å²) in [6, 6.07) is 10.0. The van der Waals surface area contributed by atoms with E-state index >= 15 is 0 Å². The van der Waals surface area contributed by atoms with Gasteiger partial charge in [0.15, 0.2) is 0 Å². The van der Waals surface area contributed by atoms with Gasteiger partial charge in [-0.1, -0.05) is 12.1 Å². The number of carbonyl (C=O) groups excluding carboxylic acids is 1. The lowest BCUT2D eigenvalue weighted by molar-refractivity contribution is -0.136. The lowest BCUT2D eigenvalue weighted by Crippen LogP contribution is -2.42. The summed E-state index contributed by atoms with van der Waals surface area (Å²) in [7, 11) is 0. The van der Waals surface area contributed by atoms with Gasteiger partial charge >= 0.3 is 0 Å². The van der Waals surface area contributed by atoms with Crippen molar-refractivity contribution < 1.29 is 13.9 Å². The summed E-state index contributed by atoms with van der Waals surface area (Å²) in [5, 5.41) is 3.24. The summed E-state index contributed by atoms with van der Waals surface area (Å²) in [6.07, 6.45) is 3.65. The Labute approximate surface area is 146 Å². The van der Waals surface area contributed by atoms with Gasteiger partial charge in [0.25, 0.3) is 0 Å². The Bertz CT molecular complexity index is 673. The molecule has 2 aromatic rings. The van der Waals surface area contributed by atoms with E-state index in [2.05, 4.69) is 10.3 Å². The molecule has 1 aliphatic heterocycles. The van der Waals surface area contributed by atoms with E-state index in [9.17, 15) is 9.18 Å². The molecule has 132 valence electrons. The van der Waals surface area contributed by atoms with E-state index < -0.39 is 0 Å². The number of carbonyl (C=O) groups is 1. The molecule has 1 N–H and O–H groups in total. The maximum absolute atomic E-state index is 13.1. The van der Waals surface area contributed by atoms with E-state index in [-0.39, 0.29) is 17.8 Å². The van der Waals surface area contributed by atoms with Gasteiger partial charge in [-0.15, -0.1) is 0 Å². The summed E-state index contributed by atoms with van der Waals surface area (Å²) < 4.78 is 18.8. The fraction of sp³-hybridized carbons (Fsp3) is 0.368. The SMILES string of the molecule is O=C(C[C@@H]1CNCCO1)N(Cc1ccncc1)Cc1ccc(F)cc1. The number of amides is 1. The van der Waals surface area contributed by atoms with Gasteiger partial charge in [0.2, 0.25) is 5.91 Å². The van der Waals surface area contributed by atoms with Crippen LogP contribution in [0.1, 0.15) is 17.5 Å². The summed E-state index contributed by atoms with van der Waals surface area (Å²) >= 11 is 0. The van der Waals surface area contributed by atoms with Crippen molar-refractivity contribution in [2.24, 2.45) is 0 Å². The maximum atomic E-state index is 13.1. The minimum Gasteiger partial charge on any atom is -0.375 e. The number of halogens is 1. The van der Waals surface area contributed by atoms with Crippen molar-refractivity contribution in [3.8, 4) is 0 Å². The molecule has 1 aromatic heterocycles. The summed E-state index contributed by atoms with van der Waals surface area (Å²) in [6.45, 7) is 3.05. The van der Waals surface area contributed by atoms with Crippen molar-refractivity contribution >= 4 is 5.91 Å². The van der Waals surface area contributed by atoms with Crippen LogP contribution in [0.2, 0.25) is 0 Å². The highest BCUT2D eigenvalue weighted by Crippen LogP contribution is 2.14. The van der Waals surface area contributed by atoms with Gasteiger partial charge in [-0.3, -0.25) is 9.78 Å². The van der Waals surface area contributed by atoms with Crippen LogP contribution in [0.5, 0.6) is 0 Å². The zero-order chi connectivity index (χ0) is 17.5. The number of rotatable bonds is 6. The number of nitrogens with one attached hydrogen (secondary N) is 1. The lowest BCUT2D eigenvalue weighted by atomic mass is 10.1. The van der Waals surface area contributed by atoms with E-state index in [0.29, 0.717) is 32.7 Å². The van der Waals surface area contributed by atoms with Crippen molar-refractivity contribution in [1.82, 2.24) is 15.2 Å². The van der Waals surface area contributed by atoms with Crippen LogP contribution in [0.4, 0.5) is 4.39 Å². The van der Waals surface area contributed by atoms with E-state index in [1.54, 1.807) is 29.4 Å². The molecule has 1 saturated heterocycles. The Morgan fingerprint density at radius 1 is 1.16 bits per heavy atom. The number of nitrogens with zero attached hydrogens (tertiary/aromatic N) is 2. The highest BCUT2D eigenvalue weighted by molar-refractivity contribution is 5.76. The van der Waals surface area contributed by atoms with Crippen LogP contribution >= 0.6 is 0 Å². The van der Waals surface area contributed by atoms with E-state index in [0.717, 1.165) is 17.7 Å². The second-order valence-electron chi connectivity index (χ2n) is 6.13. The summed E-state index contributed by atoms with van der Waals surface area (Å²) in [4.78, 5) is 18.6. The van der Waals surface area contributed by atoms with E-state index in [4.69, 9.17) is 4.74 Å². The second-order valence-corrected chi connectivity index (χ2v) is 6.13. The largest absolute Gasteiger partial charge is 0.375 e. The van der Waals surface area contributed by atoms with Crippen LogP contribution in [0, 0.1) is 5.82 Å². The number of hydrogen-bond acceptors (Lipinski definition) is 4. The molecule has 1 aromatic carbocycles. The molecule has 5 nitrogen and oxygen atoms in total. The lowest BCUT2D eigenvalue weighted by Gasteiger charge is -2.28. The first-order chi connectivity index (χ1) is 12.2. The zero-order valence-corrected chi connectivity index (χ0v) is 14.0. The van der Waals surface area contributed by atoms with Crippen molar-refractivity contribution in [3.05, 3.63) is 65.7 Å². The molecule has 25 heavy (non-hydrogen) atoms. The van der Waals surface area contributed by atoms with Gasteiger partial charge in [0.1, 0.15) is 5.82 Å². The molecule has 1 aliphatic rings. The third-order valence-electron chi connectivity index (χ3n) is 4.17. The number of morpholine rings is 1. The number of benzene rings is 1. The molecule has 0 saturated carbocycles. The molecule has 0 unspecified atom stereocenters. The van der Waals surface area contributed by atoms with Gasteiger partial charge in [-0.05, 0) is 35.4 Å². The Balaban J connectivity index is 1.70. The molecule has 2 heterocycles. The molecule has 0 spiro atoms. The van der Waals surface area contributed by atoms with Crippen LogP contribution in [0.15, 0.2) is 48.8 Å². The molecule has 0 aliphatic carbocycles. The first-order valence-corrected chi connectivity index (χ1v) is 8.44. The van der Waals surface area contributed by atoms with Crippen LogP contribution in [-0.2, 0) is 22.6 Å². The Hall–Kier alpha value is -2.31. The Morgan fingerprint density at radius 3 is 2.48 bits per heavy atom. The van der Waals surface area contributed by atoms with E-state index in [1.807, 2.05) is 12.1 Å². The maximum Gasteiger partial charge on any atom is 0.225 e. The van der Waals surface area contributed by atoms with Gasteiger partial charge in [-0.2, -0.15) is 0 Å². The predicted molar refractivity (Wildman–Crippen MR) is 92.1 cm³/mol. The molecule has 1 amide bonds. The van der Waals surface area contributed by atoms with Crippen molar-refractivity contribution in [1.29, 1.82) is 0 Å². The van der Waals surface area contributed by atoms with E-state index in [1.165, 1.54) is 12.1 Å². The van der Waals surface area contributed by atoms with Gasteiger partial charge in [-0.25, -0.2) is 4.39 Å². The second kappa shape index (κ2) is 8.69. The van der Waals surface area contributed by atoms with Crippen LogP contribution in [0.25, 0.3) is 0 Å². The third kappa shape index (κ3) is 5.34. The predicted octanol–water partition coefficient (Wildman–Crippen LogP) is 2.13. The average molecular weight is 343 g/mol. The first kappa shape index (κ1) is 17.5. The molecule has 0 bridgehead atoms. The normalized spacial score (nSPS) is 17.2. The number of ether oxygens (including phenoxy) is 1. The molecule has 0 radical (unpaired) electrons. The highest BCUT2D eigenvalue weighted by atomic mass is 19.1. The number of aromatic nitrogens is 1. The molecular weight excluding hydrogens is 321 g/mol. The van der Waals surface area contributed by atoms with Crippen molar-refractivity contribution in [2.45, 2.75) is 25.6 Å². The molecule has 6 heteroatoms. The average Bonchev–Trinajstić information content (AvgIpc) is 2.64. The fourth-order valence-electron chi connectivity index (χ4n) is 2.83. The highest BCUT2D eigenvalue weighted by Gasteiger charge is 2.22. The first-order valence-electron chi connectivity index (χ1n) is 8.44. The van der Waals surface area contributed by atoms with Gasteiger partial charge in [0, 0.05) is 38.6 Å². The molecule has 1 fully saturated rings. The fourth-order valence-corrected chi connectivity index (χ4v) is 2.83. The smallest absolute Gasteiger partial charge is 0.225 e. The van der Waals surface area contributed by atoms with Crippen molar-refractivity contribution in [3.63, 3.8) is 0 Å². The Kier molecular flexibility index (Phi) is 6.09.